The van der Waals surface area contributed by atoms with Gasteiger partial charge in [0.2, 0.25) is 0 Å². The number of ketones is 2. The Bertz CT molecular complexity index is 1390. The molecule has 2 aliphatic carbocycles. The molecule has 0 radical (unpaired) electrons. The van der Waals surface area contributed by atoms with Crippen LogP contribution >= 0.6 is 23.2 Å². The predicted octanol–water partition coefficient (Wildman–Crippen LogP) is 6.51. The average molecular weight is 616 g/mol. The molecule has 2 aromatic rings. The van der Waals surface area contributed by atoms with Crippen LogP contribution in [0.2, 0.25) is 10.0 Å². The van der Waals surface area contributed by atoms with E-state index in [4.69, 9.17) is 32.7 Å². The first-order valence-electron chi connectivity index (χ1n) is 13.1. The van der Waals surface area contributed by atoms with Gasteiger partial charge in [0.05, 0.1) is 21.6 Å². The lowest BCUT2D eigenvalue weighted by atomic mass is 9.87. The van der Waals surface area contributed by atoms with E-state index < -0.39 is 21.0 Å². The van der Waals surface area contributed by atoms with Gasteiger partial charge >= 0.3 is 0 Å². The van der Waals surface area contributed by atoms with Crippen LogP contribution in [0.15, 0.2) is 97.1 Å². The molecule has 0 aliphatic heterocycles. The minimum Gasteiger partial charge on any atom is -0.370 e. The van der Waals surface area contributed by atoms with Crippen LogP contribution in [0, 0.1) is 11.8 Å². The third-order valence-electron chi connectivity index (χ3n) is 7.38. The SMILES string of the molecule is COC1(CC(=O)c2ccccc2Cl)C=CC(CS(=O)(=O)CC2C=CC(CC(=O)c3ccccc3Cl)(OC)C=C2)C=C1. The minimum absolute atomic E-state index is 0.0393. The molecule has 0 saturated heterocycles. The van der Waals surface area contributed by atoms with Crippen molar-refractivity contribution in [3.63, 3.8) is 0 Å². The predicted molar refractivity (Wildman–Crippen MR) is 162 cm³/mol. The quantitative estimate of drug-likeness (QED) is 0.200. The molecule has 0 heterocycles. The van der Waals surface area contributed by atoms with Gasteiger partial charge in [0.15, 0.2) is 21.4 Å². The van der Waals surface area contributed by atoms with Crippen LogP contribution in [0.3, 0.4) is 0 Å². The number of methoxy groups -OCH3 is 2. The Labute approximate surface area is 251 Å². The normalized spacial score (nSPS) is 25.4. The van der Waals surface area contributed by atoms with Gasteiger partial charge in [0.25, 0.3) is 0 Å². The molecule has 0 fully saturated rings. The molecule has 0 amide bonds. The van der Waals surface area contributed by atoms with Crippen molar-refractivity contribution in [2.75, 3.05) is 25.7 Å². The molecule has 0 bridgehead atoms. The lowest BCUT2D eigenvalue weighted by molar-refractivity contribution is 0.0551. The fraction of sp³-hybridized carbons (Fsp3) is 0.312. The van der Waals surface area contributed by atoms with E-state index in [1.165, 1.54) is 14.2 Å². The Morgan fingerprint density at radius 1 is 0.683 bits per heavy atom. The Morgan fingerprint density at radius 2 is 1.02 bits per heavy atom. The van der Waals surface area contributed by atoms with Crippen molar-refractivity contribution in [1.82, 2.24) is 0 Å². The molecule has 0 aromatic heterocycles. The highest BCUT2D eigenvalue weighted by atomic mass is 35.5. The van der Waals surface area contributed by atoms with Crippen molar-refractivity contribution in [1.29, 1.82) is 0 Å². The van der Waals surface area contributed by atoms with Gasteiger partial charge in [-0.15, -0.1) is 0 Å². The average Bonchev–Trinajstić information content (AvgIpc) is 2.95. The lowest BCUT2D eigenvalue weighted by Crippen LogP contribution is -2.34. The summed E-state index contributed by atoms with van der Waals surface area (Å²) in [4.78, 5) is 25.7. The lowest BCUT2D eigenvalue weighted by Gasteiger charge is -2.30. The van der Waals surface area contributed by atoms with Gasteiger partial charge in [0, 0.05) is 50.0 Å². The largest absolute Gasteiger partial charge is 0.370 e. The highest BCUT2D eigenvalue weighted by molar-refractivity contribution is 7.91. The number of sulfone groups is 1. The zero-order valence-corrected chi connectivity index (χ0v) is 25.2. The molecule has 2 aliphatic rings. The molecular weight excluding hydrogens is 583 g/mol. The summed E-state index contributed by atoms with van der Waals surface area (Å²) in [7, 11) is -0.449. The van der Waals surface area contributed by atoms with Gasteiger partial charge in [-0.05, 0) is 24.3 Å². The fourth-order valence-electron chi connectivity index (χ4n) is 4.98. The van der Waals surface area contributed by atoms with Crippen LogP contribution < -0.4 is 0 Å². The molecule has 2 aromatic carbocycles. The Morgan fingerprint density at radius 3 is 1.34 bits per heavy atom. The molecule has 4 rings (SSSR count). The zero-order valence-electron chi connectivity index (χ0n) is 22.8. The second-order valence-corrected chi connectivity index (χ2v) is 13.3. The van der Waals surface area contributed by atoms with Crippen LogP contribution in [0.4, 0.5) is 0 Å². The third kappa shape index (κ3) is 7.73. The number of ether oxygens (including phenoxy) is 2. The van der Waals surface area contributed by atoms with E-state index in [-0.39, 0.29) is 47.7 Å². The molecule has 9 heteroatoms. The molecule has 0 unspecified atom stereocenters. The van der Waals surface area contributed by atoms with Crippen LogP contribution in [0.5, 0.6) is 0 Å². The second kappa shape index (κ2) is 13.0. The molecule has 0 saturated carbocycles. The van der Waals surface area contributed by atoms with Gasteiger partial charge in [0.1, 0.15) is 11.2 Å². The fourth-order valence-corrected chi connectivity index (χ4v) is 7.22. The standard InChI is InChI=1S/C32H32Cl2O6S/c1-39-31(19-29(35)25-7-3-5-9-27(25)33)15-11-23(12-16-31)21-41(37,38)22-24-13-17-32(40-2,18-14-24)20-30(36)26-8-4-6-10-28(26)34/h3-18,23-24H,19-22H2,1-2H3. The van der Waals surface area contributed by atoms with Gasteiger partial charge in [-0.3, -0.25) is 9.59 Å². The highest BCUT2D eigenvalue weighted by Crippen LogP contribution is 2.32. The van der Waals surface area contributed by atoms with Gasteiger partial charge < -0.3 is 9.47 Å². The molecule has 0 N–H and O–H groups in total. The van der Waals surface area contributed by atoms with E-state index in [1.807, 2.05) is 0 Å². The Kier molecular flexibility index (Phi) is 9.88. The van der Waals surface area contributed by atoms with Crippen molar-refractivity contribution in [3.05, 3.63) is 118 Å². The van der Waals surface area contributed by atoms with E-state index in [9.17, 15) is 18.0 Å². The van der Waals surface area contributed by atoms with Crippen LogP contribution in [0.1, 0.15) is 33.6 Å². The molecule has 41 heavy (non-hydrogen) atoms. The van der Waals surface area contributed by atoms with Crippen molar-refractivity contribution < 1.29 is 27.5 Å². The van der Waals surface area contributed by atoms with E-state index in [0.717, 1.165) is 0 Å². The van der Waals surface area contributed by atoms with Crippen LogP contribution in [-0.2, 0) is 19.3 Å². The maximum Gasteiger partial charge on any atom is 0.167 e. The maximum atomic E-state index is 13.1. The van der Waals surface area contributed by atoms with Crippen LogP contribution in [-0.4, -0.2) is 56.9 Å². The summed E-state index contributed by atoms with van der Waals surface area (Å²) in [5.74, 6) is -1.24. The summed E-state index contributed by atoms with van der Waals surface area (Å²) in [5.41, 5.74) is -1.13. The summed E-state index contributed by atoms with van der Waals surface area (Å²) >= 11 is 12.4. The smallest absolute Gasteiger partial charge is 0.167 e. The number of carbonyl (C=O) groups is 2. The van der Waals surface area contributed by atoms with Crippen molar-refractivity contribution >= 4 is 44.6 Å². The molecule has 0 atom stereocenters. The number of hydrogen-bond acceptors (Lipinski definition) is 6. The molecule has 216 valence electrons. The maximum absolute atomic E-state index is 13.1. The first kappa shape index (κ1) is 31.1. The monoisotopic (exact) mass is 614 g/mol. The summed E-state index contributed by atoms with van der Waals surface area (Å²) in [6, 6.07) is 13.7. The second-order valence-electron chi connectivity index (χ2n) is 10.3. The van der Waals surface area contributed by atoms with E-state index >= 15 is 0 Å². The van der Waals surface area contributed by atoms with E-state index in [2.05, 4.69) is 0 Å². The molecular formula is C32H32Cl2O6S. The van der Waals surface area contributed by atoms with Gasteiger partial charge in [-0.2, -0.15) is 0 Å². The summed E-state index contributed by atoms with van der Waals surface area (Å²) in [6.45, 7) is 0. The van der Waals surface area contributed by atoms with Crippen molar-refractivity contribution in [2.45, 2.75) is 24.0 Å². The van der Waals surface area contributed by atoms with Crippen LogP contribution in [0.25, 0.3) is 0 Å². The highest BCUT2D eigenvalue weighted by Gasteiger charge is 2.34. The number of halogens is 2. The first-order chi connectivity index (χ1) is 19.5. The Balaban J connectivity index is 1.35. The van der Waals surface area contributed by atoms with E-state index in [0.29, 0.717) is 21.2 Å². The van der Waals surface area contributed by atoms with Gasteiger partial charge in [-0.25, -0.2) is 8.42 Å². The number of hydrogen-bond donors (Lipinski definition) is 0. The van der Waals surface area contributed by atoms with E-state index in [1.54, 1.807) is 97.1 Å². The number of rotatable bonds is 12. The zero-order chi connectivity index (χ0) is 29.7. The number of carbonyl (C=O) groups excluding carboxylic acids is 2. The first-order valence-corrected chi connectivity index (χ1v) is 15.7. The third-order valence-corrected chi connectivity index (χ3v) is 9.82. The summed E-state index contributed by atoms with van der Waals surface area (Å²) in [5, 5.41) is 0.745. The Hall–Kier alpha value is -2.81. The summed E-state index contributed by atoms with van der Waals surface area (Å²) < 4.78 is 37.5. The molecule has 6 nitrogen and oxygen atoms in total. The van der Waals surface area contributed by atoms with Crippen molar-refractivity contribution in [3.8, 4) is 0 Å². The number of benzene rings is 2. The summed E-state index contributed by atoms with van der Waals surface area (Å²) in [6.07, 6.45) is 14.1. The topological polar surface area (TPSA) is 86.7 Å². The van der Waals surface area contributed by atoms with Gasteiger partial charge in [-0.1, -0.05) is 96.1 Å². The van der Waals surface area contributed by atoms with Crippen molar-refractivity contribution in [2.24, 2.45) is 11.8 Å². The molecule has 0 spiro atoms. The number of Topliss-reactive ketones (excluding diaryl/α,β-unsaturated/α-hetero) is 2. The minimum atomic E-state index is -3.47. The number of allylic oxidation sites excluding steroid dienone is 4.